The Bertz CT molecular complexity index is 336. The van der Waals surface area contributed by atoms with Gasteiger partial charge in [0, 0.05) is 20.0 Å². The van der Waals surface area contributed by atoms with Crippen LogP contribution in [0.3, 0.4) is 0 Å². The third-order valence-electron chi connectivity index (χ3n) is 0.746. The minimum atomic E-state index is -2.56. The highest BCUT2D eigenvalue weighted by Crippen LogP contribution is 1.99. The SMILES string of the molecule is [2H]C([2H])([2H])c1cc(N)nc(C([2H])([2H])[2H])n1. The van der Waals surface area contributed by atoms with Gasteiger partial charge in [-0.1, -0.05) is 0 Å². The van der Waals surface area contributed by atoms with Crippen LogP contribution < -0.4 is 5.73 Å². The normalized spacial score (nSPS) is 22.2. The van der Waals surface area contributed by atoms with Crippen LogP contribution >= 0.6 is 0 Å². The monoisotopic (exact) mass is 129 g/mol. The molecule has 0 aliphatic rings. The van der Waals surface area contributed by atoms with E-state index in [-0.39, 0.29) is 11.5 Å². The zero-order valence-corrected chi connectivity index (χ0v) is 4.55. The lowest BCUT2D eigenvalue weighted by Crippen LogP contribution is -1.96. The standard InChI is InChI=1S/C6H9N3/c1-4-3-6(7)9-5(2)8-4/h3H,1-2H3,(H2,7,8,9)/i1D3,2D3. The molecular weight excluding hydrogens is 114 g/mol. The maximum atomic E-state index is 7.07. The lowest BCUT2D eigenvalue weighted by atomic mass is 10.4. The van der Waals surface area contributed by atoms with Crippen molar-refractivity contribution in [1.82, 2.24) is 9.97 Å². The Morgan fingerprint density at radius 2 is 2.44 bits per heavy atom. The molecule has 0 aliphatic carbocycles. The van der Waals surface area contributed by atoms with Crippen molar-refractivity contribution in [2.24, 2.45) is 0 Å². The number of anilines is 1. The van der Waals surface area contributed by atoms with Crippen LogP contribution in [0.15, 0.2) is 6.07 Å². The molecule has 9 heavy (non-hydrogen) atoms. The first-order valence-electron chi connectivity index (χ1n) is 5.26. The Balaban J connectivity index is 3.30. The van der Waals surface area contributed by atoms with Gasteiger partial charge in [0.25, 0.3) is 0 Å². The van der Waals surface area contributed by atoms with Gasteiger partial charge in [0.05, 0.1) is 0 Å². The molecule has 1 heterocycles. The Labute approximate surface area is 62.4 Å². The molecule has 1 rings (SSSR count). The lowest BCUT2D eigenvalue weighted by molar-refractivity contribution is 1.02. The first kappa shape index (κ1) is 1.94. The third kappa shape index (κ3) is 1.38. The van der Waals surface area contributed by atoms with Crippen molar-refractivity contribution in [3.63, 3.8) is 0 Å². The molecule has 0 saturated carbocycles. The van der Waals surface area contributed by atoms with Crippen LogP contribution in [0.25, 0.3) is 0 Å². The number of aryl methyl sites for hydroxylation is 2. The molecule has 0 atom stereocenters. The van der Waals surface area contributed by atoms with E-state index in [1.165, 1.54) is 0 Å². The molecule has 3 heteroatoms. The molecule has 0 radical (unpaired) electrons. The highest BCUT2D eigenvalue weighted by atomic mass is 14.9. The van der Waals surface area contributed by atoms with Gasteiger partial charge in [0.2, 0.25) is 0 Å². The number of hydrogen-bond donors (Lipinski definition) is 1. The first-order valence-corrected chi connectivity index (χ1v) is 2.26. The van der Waals surface area contributed by atoms with Crippen molar-refractivity contribution < 1.29 is 8.22 Å². The van der Waals surface area contributed by atoms with Crippen LogP contribution in [-0.2, 0) is 0 Å². The highest BCUT2D eigenvalue weighted by molar-refractivity contribution is 5.28. The largest absolute Gasteiger partial charge is 0.384 e. The molecule has 1 aromatic rings. The van der Waals surface area contributed by atoms with Crippen LogP contribution in [-0.4, -0.2) is 9.97 Å². The van der Waals surface area contributed by atoms with Crippen LogP contribution in [0.1, 0.15) is 19.7 Å². The van der Waals surface area contributed by atoms with Gasteiger partial charge in [-0.25, -0.2) is 9.97 Å². The summed E-state index contributed by atoms with van der Waals surface area (Å²) in [7, 11) is 0. The van der Waals surface area contributed by atoms with E-state index in [1.54, 1.807) is 0 Å². The average Bonchev–Trinajstić information content (AvgIpc) is 1.99. The molecule has 0 aromatic carbocycles. The second-order valence-corrected chi connectivity index (χ2v) is 1.50. The number of hydrogen-bond acceptors (Lipinski definition) is 3. The molecule has 0 aliphatic heterocycles. The summed E-state index contributed by atoms with van der Waals surface area (Å²) in [6.45, 7) is -5.05. The second kappa shape index (κ2) is 2.01. The zero-order chi connectivity index (χ0) is 11.9. The fraction of sp³-hybridized carbons (Fsp3) is 0.333. The van der Waals surface area contributed by atoms with Crippen molar-refractivity contribution in [3.05, 3.63) is 17.6 Å². The Morgan fingerprint density at radius 1 is 1.56 bits per heavy atom. The van der Waals surface area contributed by atoms with Gasteiger partial charge < -0.3 is 5.73 Å². The van der Waals surface area contributed by atoms with Crippen molar-refractivity contribution >= 4 is 5.82 Å². The summed E-state index contributed by atoms with van der Waals surface area (Å²) in [6.07, 6.45) is 0. The van der Waals surface area contributed by atoms with E-state index in [2.05, 4.69) is 9.97 Å². The van der Waals surface area contributed by atoms with E-state index in [0.29, 0.717) is 0 Å². The van der Waals surface area contributed by atoms with Crippen molar-refractivity contribution in [3.8, 4) is 0 Å². The summed E-state index contributed by atoms with van der Waals surface area (Å²) in [5, 5.41) is 0. The Kier molecular flexibility index (Phi) is 0.432. The first-order chi connectivity index (χ1) is 6.60. The van der Waals surface area contributed by atoms with Crippen LogP contribution in [0, 0.1) is 13.7 Å². The van der Waals surface area contributed by atoms with Gasteiger partial charge in [0.15, 0.2) is 0 Å². The fourth-order valence-electron chi connectivity index (χ4n) is 0.466. The fourth-order valence-corrected chi connectivity index (χ4v) is 0.466. The quantitative estimate of drug-likeness (QED) is 0.560. The van der Waals surface area contributed by atoms with E-state index in [4.69, 9.17) is 14.0 Å². The summed E-state index contributed by atoms with van der Waals surface area (Å²) >= 11 is 0. The minimum absolute atomic E-state index is 0.165. The van der Waals surface area contributed by atoms with Crippen LogP contribution in [0.4, 0.5) is 5.82 Å². The molecule has 0 amide bonds. The Morgan fingerprint density at radius 3 is 3.11 bits per heavy atom. The minimum Gasteiger partial charge on any atom is -0.384 e. The van der Waals surface area contributed by atoms with Crippen LogP contribution in [0.5, 0.6) is 0 Å². The van der Waals surface area contributed by atoms with Gasteiger partial charge in [0.1, 0.15) is 11.6 Å². The maximum absolute atomic E-state index is 7.07. The lowest BCUT2D eigenvalue weighted by Gasteiger charge is -1.95. The predicted octanol–water partition coefficient (Wildman–Crippen LogP) is 0.676. The second-order valence-electron chi connectivity index (χ2n) is 1.50. The molecule has 48 valence electrons. The molecule has 0 fully saturated rings. The molecule has 0 bridgehead atoms. The van der Waals surface area contributed by atoms with E-state index >= 15 is 0 Å². The molecule has 3 nitrogen and oxygen atoms in total. The summed E-state index contributed by atoms with van der Waals surface area (Å²) < 4.78 is 42.3. The molecule has 0 saturated heterocycles. The number of nitrogen functional groups attached to an aromatic ring is 1. The number of nitrogens with two attached hydrogens (primary N) is 1. The number of aromatic nitrogens is 2. The molecule has 0 unspecified atom stereocenters. The smallest absolute Gasteiger partial charge is 0.127 e. The van der Waals surface area contributed by atoms with Gasteiger partial charge in [-0.15, -0.1) is 0 Å². The summed E-state index contributed by atoms with van der Waals surface area (Å²) in [6, 6.07) is 1.04. The van der Waals surface area contributed by atoms with Gasteiger partial charge in [-0.3, -0.25) is 0 Å². The van der Waals surface area contributed by atoms with E-state index in [9.17, 15) is 0 Å². The third-order valence-corrected chi connectivity index (χ3v) is 0.746. The average molecular weight is 129 g/mol. The summed E-state index contributed by atoms with van der Waals surface area (Å²) in [4.78, 5) is 6.93. The van der Waals surface area contributed by atoms with Gasteiger partial charge >= 0.3 is 0 Å². The van der Waals surface area contributed by atoms with E-state index in [0.717, 1.165) is 6.07 Å². The van der Waals surface area contributed by atoms with Crippen molar-refractivity contribution in [1.29, 1.82) is 0 Å². The number of nitrogens with zero attached hydrogens (tertiary/aromatic N) is 2. The Hall–Kier alpha value is -1.12. The van der Waals surface area contributed by atoms with Gasteiger partial charge in [-0.2, -0.15) is 0 Å². The topological polar surface area (TPSA) is 51.8 Å². The molecule has 2 N–H and O–H groups in total. The molecular formula is C6H9N3. The summed E-state index contributed by atoms with van der Waals surface area (Å²) in [5.41, 5.74) is 4.94. The molecule has 1 aromatic heterocycles. The molecule has 0 spiro atoms. The van der Waals surface area contributed by atoms with Gasteiger partial charge in [-0.05, 0) is 13.7 Å². The van der Waals surface area contributed by atoms with Crippen LogP contribution in [0.2, 0.25) is 0 Å². The van der Waals surface area contributed by atoms with Crippen molar-refractivity contribution in [2.45, 2.75) is 13.7 Å². The predicted molar refractivity (Wildman–Crippen MR) is 35.9 cm³/mol. The number of rotatable bonds is 0. The maximum Gasteiger partial charge on any atom is 0.127 e. The highest BCUT2D eigenvalue weighted by Gasteiger charge is 1.90. The summed E-state index contributed by atoms with van der Waals surface area (Å²) in [5.74, 6) is -0.712. The van der Waals surface area contributed by atoms with Crippen molar-refractivity contribution in [2.75, 3.05) is 5.73 Å². The zero-order valence-electron chi connectivity index (χ0n) is 10.5. The van der Waals surface area contributed by atoms with E-state index < -0.39 is 19.5 Å². The van der Waals surface area contributed by atoms with E-state index in [1.807, 2.05) is 0 Å².